The van der Waals surface area contributed by atoms with E-state index in [-0.39, 0.29) is 0 Å². The van der Waals surface area contributed by atoms with Crippen LogP contribution in [-0.4, -0.2) is 35.4 Å². The molecule has 3 aliphatic heterocycles. The van der Waals surface area contributed by atoms with E-state index >= 15 is 0 Å². The summed E-state index contributed by atoms with van der Waals surface area (Å²) in [7, 11) is 0. The van der Waals surface area contributed by atoms with E-state index < -0.39 is 0 Å². The highest BCUT2D eigenvalue weighted by Gasteiger charge is 2.32. The fourth-order valence-electron chi connectivity index (χ4n) is 1.69. The van der Waals surface area contributed by atoms with Gasteiger partial charge in [-0.2, -0.15) is 5.06 Å². The van der Waals surface area contributed by atoms with Crippen LogP contribution in [0.2, 0.25) is 0 Å². The van der Waals surface area contributed by atoms with Gasteiger partial charge in [0.25, 0.3) is 0 Å². The van der Waals surface area contributed by atoms with Gasteiger partial charge in [-0.05, 0) is 12.8 Å². The molecule has 0 radical (unpaired) electrons. The van der Waals surface area contributed by atoms with E-state index in [9.17, 15) is 5.21 Å². The Morgan fingerprint density at radius 1 is 1.44 bits per heavy atom. The summed E-state index contributed by atoms with van der Waals surface area (Å²) in [6.45, 7) is 1.80. The van der Waals surface area contributed by atoms with Crippen LogP contribution in [0.1, 0.15) is 12.8 Å². The molecular formula is C6H12N2O. The lowest BCUT2D eigenvalue weighted by atomic mass is 9.95. The predicted molar refractivity (Wildman–Crippen MR) is 33.3 cm³/mol. The van der Waals surface area contributed by atoms with Crippen LogP contribution in [0.3, 0.4) is 0 Å². The molecule has 3 heteroatoms. The van der Waals surface area contributed by atoms with Crippen molar-refractivity contribution in [3.63, 3.8) is 0 Å². The molecule has 0 aliphatic carbocycles. The average molecular weight is 128 g/mol. The smallest absolute Gasteiger partial charge is 0.0476 e. The summed E-state index contributed by atoms with van der Waals surface area (Å²) in [5.41, 5.74) is 0. The number of fused-ring (bicyclic) bond motifs is 3. The number of hydroxylamine groups is 2. The van der Waals surface area contributed by atoms with Gasteiger partial charge in [-0.3, -0.25) is 0 Å². The normalized spacial score (nSPS) is 43.7. The van der Waals surface area contributed by atoms with Crippen LogP contribution in [0.25, 0.3) is 0 Å². The van der Waals surface area contributed by atoms with Crippen molar-refractivity contribution in [3.05, 3.63) is 0 Å². The van der Waals surface area contributed by atoms with E-state index in [1.54, 1.807) is 0 Å². The van der Waals surface area contributed by atoms with Crippen LogP contribution < -0.4 is 5.32 Å². The molecule has 2 N–H and O–H groups in total. The van der Waals surface area contributed by atoms with Crippen LogP contribution in [0.15, 0.2) is 0 Å². The molecule has 0 spiro atoms. The van der Waals surface area contributed by atoms with E-state index in [0.29, 0.717) is 12.1 Å². The van der Waals surface area contributed by atoms with Gasteiger partial charge in [0.1, 0.15) is 0 Å². The largest absolute Gasteiger partial charge is 0.314 e. The average Bonchev–Trinajstić information content (AvgIpc) is 1.90. The van der Waals surface area contributed by atoms with Gasteiger partial charge in [-0.1, -0.05) is 0 Å². The van der Waals surface area contributed by atoms with Crippen molar-refractivity contribution >= 4 is 0 Å². The number of nitrogens with one attached hydrogen (secondary N) is 1. The third kappa shape index (κ3) is 0.852. The van der Waals surface area contributed by atoms with Crippen LogP contribution in [0, 0.1) is 0 Å². The van der Waals surface area contributed by atoms with Gasteiger partial charge in [-0.15, -0.1) is 0 Å². The molecule has 0 saturated carbocycles. The van der Waals surface area contributed by atoms with Crippen molar-refractivity contribution in [1.82, 2.24) is 10.4 Å². The molecule has 3 heterocycles. The zero-order valence-corrected chi connectivity index (χ0v) is 5.38. The van der Waals surface area contributed by atoms with Crippen LogP contribution >= 0.6 is 0 Å². The second-order valence-electron chi connectivity index (χ2n) is 2.96. The van der Waals surface area contributed by atoms with Gasteiger partial charge in [0.15, 0.2) is 0 Å². The first-order valence-corrected chi connectivity index (χ1v) is 3.55. The zero-order chi connectivity index (χ0) is 6.27. The molecule has 3 fully saturated rings. The highest BCUT2D eigenvalue weighted by atomic mass is 16.5. The van der Waals surface area contributed by atoms with Crippen LogP contribution in [0.5, 0.6) is 0 Å². The van der Waals surface area contributed by atoms with Crippen LogP contribution in [0.4, 0.5) is 0 Å². The number of hydrogen-bond donors (Lipinski definition) is 2. The first-order chi connectivity index (χ1) is 4.36. The molecule has 2 atom stereocenters. The highest BCUT2D eigenvalue weighted by Crippen LogP contribution is 2.19. The van der Waals surface area contributed by atoms with Gasteiger partial charge in [0, 0.05) is 25.2 Å². The zero-order valence-electron chi connectivity index (χ0n) is 5.38. The SMILES string of the molecule is ON1CC2CCC1CN2. The van der Waals surface area contributed by atoms with E-state index in [2.05, 4.69) is 5.32 Å². The molecule has 2 unspecified atom stereocenters. The summed E-state index contributed by atoms with van der Waals surface area (Å²) in [6, 6.07) is 0.954. The molecule has 2 bridgehead atoms. The van der Waals surface area contributed by atoms with E-state index in [1.165, 1.54) is 11.5 Å². The third-order valence-electron chi connectivity index (χ3n) is 2.32. The topological polar surface area (TPSA) is 35.5 Å². The molecule has 0 aromatic carbocycles. The lowest BCUT2D eigenvalue weighted by Gasteiger charge is -2.42. The van der Waals surface area contributed by atoms with Crippen molar-refractivity contribution < 1.29 is 5.21 Å². The molecular weight excluding hydrogens is 116 g/mol. The summed E-state index contributed by atoms with van der Waals surface area (Å²) < 4.78 is 0. The summed E-state index contributed by atoms with van der Waals surface area (Å²) in [6.07, 6.45) is 2.40. The summed E-state index contributed by atoms with van der Waals surface area (Å²) >= 11 is 0. The fourth-order valence-corrected chi connectivity index (χ4v) is 1.69. The highest BCUT2D eigenvalue weighted by molar-refractivity contribution is 4.88. The summed E-state index contributed by atoms with van der Waals surface area (Å²) in [5, 5.41) is 14.0. The van der Waals surface area contributed by atoms with Gasteiger partial charge in [0.05, 0.1) is 0 Å². The van der Waals surface area contributed by atoms with Gasteiger partial charge in [-0.25, -0.2) is 0 Å². The first-order valence-electron chi connectivity index (χ1n) is 3.55. The number of rotatable bonds is 0. The molecule has 3 saturated heterocycles. The van der Waals surface area contributed by atoms with Gasteiger partial charge >= 0.3 is 0 Å². The van der Waals surface area contributed by atoms with E-state index in [1.807, 2.05) is 0 Å². The number of piperidine rings is 2. The molecule has 9 heavy (non-hydrogen) atoms. The Hall–Kier alpha value is -0.120. The third-order valence-corrected chi connectivity index (χ3v) is 2.32. The quantitative estimate of drug-likeness (QED) is 0.474. The molecule has 0 amide bonds. The predicted octanol–water partition coefficient (Wildman–Crippen LogP) is -0.188. The Morgan fingerprint density at radius 3 is 2.56 bits per heavy atom. The molecule has 0 aromatic rings. The lowest BCUT2D eigenvalue weighted by molar-refractivity contribution is -0.164. The first kappa shape index (κ1) is 5.65. The maximum absolute atomic E-state index is 9.19. The maximum atomic E-state index is 9.19. The molecule has 3 rings (SSSR count). The number of nitrogens with zero attached hydrogens (tertiary/aromatic N) is 1. The van der Waals surface area contributed by atoms with Gasteiger partial charge in [0.2, 0.25) is 0 Å². The second kappa shape index (κ2) is 1.94. The maximum Gasteiger partial charge on any atom is 0.0476 e. The molecule has 3 aliphatic rings. The lowest BCUT2D eigenvalue weighted by Crippen LogP contribution is -2.59. The van der Waals surface area contributed by atoms with E-state index in [0.717, 1.165) is 19.5 Å². The van der Waals surface area contributed by atoms with Crippen molar-refractivity contribution in [2.24, 2.45) is 0 Å². The summed E-state index contributed by atoms with van der Waals surface area (Å²) in [4.78, 5) is 0. The molecule has 52 valence electrons. The minimum atomic E-state index is 0.398. The number of piperazine rings is 1. The number of hydrogen-bond acceptors (Lipinski definition) is 3. The Labute approximate surface area is 54.6 Å². The second-order valence-corrected chi connectivity index (χ2v) is 2.96. The van der Waals surface area contributed by atoms with Crippen LogP contribution in [-0.2, 0) is 0 Å². The Bertz CT molecular complexity index is 110. The minimum Gasteiger partial charge on any atom is -0.314 e. The Morgan fingerprint density at radius 2 is 2.33 bits per heavy atom. The molecule has 3 nitrogen and oxygen atoms in total. The van der Waals surface area contributed by atoms with E-state index in [4.69, 9.17) is 0 Å². The standard InChI is InChI=1S/C6H12N2O/c9-8-4-5-1-2-6(8)3-7-5/h5-7,9H,1-4H2. The molecule has 0 aromatic heterocycles. The van der Waals surface area contributed by atoms with Crippen molar-refractivity contribution in [1.29, 1.82) is 0 Å². The fraction of sp³-hybridized carbons (Fsp3) is 1.00. The Kier molecular flexibility index (Phi) is 1.22. The summed E-state index contributed by atoms with van der Waals surface area (Å²) in [5.74, 6) is 0. The van der Waals surface area contributed by atoms with Crippen molar-refractivity contribution in [2.45, 2.75) is 24.9 Å². The minimum absolute atomic E-state index is 0.398. The van der Waals surface area contributed by atoms with Crippen molar-refractivity contribution in [3.8, 4) is 0 Å². The monoisotopic (exact) mass is 128 g/mol. The Balaban J connectivity index is 2.06. The van der Waals surface area contributed by atoms with Gasteiger partial charge < -0.3 is 10.5 Å². The van der Waals surface area contributed by atoms with Crippen molar-refractivity contribution in [2.75, 3.05) is 13.1 Å².